The van der Waals surface area contributed by atoms with Crippen LogP contribution in [-0.4, -0.2) is 54.3 Å². The lowest BCUT2D eigenvalue weighted by atomic mass is 10.1. The molecule has 1 rings (SSSR count). The fraction of sp³-hybridized carbons (Fsp3) is 0.733. The Hall–Kier alpha value is -2.32. The lowest BCUT2D eigenvalue weighted by Gasteiger charge is -2.22. The van der Waals surface area contributed by atoms with E-state index in [1.807, 2.05) is 0 Å². The van der Waals surface area contributed by atoms with Gasteiger partial charge in [-0.05, 0) is 27.7 Å². The summed E-state index contributed by atoms with van der Waals surface area (Å²) in [6.07, 6.45) is -0.930. The van der Waals surface area contributed by atoms with E-state index in [0.717, 1.165) is 0 Å². The normalized spacial score (nSPS) is 23.6. The van der Waals surface area contributed by atoms with E-state index in [-0.39, 0.29) is 6.61 Å². The van der Waals surface area contributed by atoms with Crippen molar-refractivity contribution >= 4 is 23.9 Å². The third-order valence-corrected chi connectivity index (χ3v) is 3.51. The molecule has 1 saturated carbocycles. The number of carboxylic acids is 1. The van der Waals surface area contributed by atoms with Crippen molar-refractivity contribution in [3.05, 3.63) is 0 Å². The second kappa shape index (κ2) is 7.50. The van der Waals surface area contributed by atoms with Crippen LogP contribution in [0.25, 0.3) is 0 Å². The minimum absolute atomic E-state index is 0.111. The number of esters is 1. The molecule has 0 aromatic rings. The molecule has 1 fully saturated rings. The van der Waals surface area contributed by atoms with Gasteiger partial charge in [0.1, 0.15) is 11.6 Å². The van der Waals surface area contributed by atoms with Crippen LogP contribution in [0.15, 0.2) is 0 Å². The second-order valence-electron chi connectivity index (χ2n) is 6.46. The first-order chi connectivity index (χ1) is 11.0. The maximum Gasteiger partial charge on any atom is 0.408 e. The number of aliphatic carboxylic acids is 1. The number of carbonyl (C=O) groups is 4. The average Bonchev–Trinajstić information content (AvgIpc) is 3.17. The summed E-state index contributed by atoms with van der Waals surface area (Å²) in [5.41, 5.74) is -0.808. The third-order valence-electron chi connectivity index (χ3n) is 3.51. The van der Waals surface area contributed by atoms with Gasteiger partial charge in [-0.2, -0.15) is 0 Å². The van der Waals surface area contributed by atoms with Gasteiger partial charge in [0.25, 0.3) is 0 Å². The Kier molecular flexibility index (Phi) is 6.16. The number of ether oxygens (including phenoxy) is 2. The Balaban J connectivity index is 2.93. The Labute approximate surface area is 140 Å². The molecular weight excluding hydrogens is 320 g/mol. The Morgan fingerprint density at radius 2 is 1.75 bits per heavy atom. The molecular formula is C15H24N2O7. The molecule has 0 saturated heterocycles. The minimum Gasteiger partial charge on any atom is -0.480 e. The predicted octanol–water partition coefficient (Wildman–Crippen LogP) is 0.136. The molecule has 3 N–H and O–H groups in total. The van der Waals surface area contributed by atoms with Gasteiger partial charge in [-0.25, -0.2) is 9.59 Å². The van der Waals surface area contributed by atoms with Crippen LogP contribution in [0.3, 0.4) is 0 Å². The highest BCUT2D eigenvalue weighted by Gasteiger charge is 2.64. The van der Waals surface area contributed by atoms with Crippen molar-refractivity contribution in [1.82, 2.24) is 10.6 Å². The molecule has 0 spiro atoms. The number of hydrogen-bond acceptors (Lipinski definition) is 6. The molecule has 0 bridgehead atoms. The zero-order chi connectivity index (χ0) is 18.7. The summed E-state index contributed by atoms with van der Waals surface area (Å²) in [5.74, 6) is -5.17. The molecule has 1 aliphatic carbocycles. The molecule has 2 amide bonds. The molecule has 136 valence electrons. The van der Waals surface area contributed by atoms with Crippen LogP contribution in [0, 0.1) is 17.8 Å². The zero-order valence-electron chi connectivity index (χ0n) is 14.4. The summed E-state index contributed by atoms with van der Waals surface area (Å²) in [7, 11) is 1.39. The van der Waals surface area contributed by atoms with Crippen molar-refractivity contribution in [2.45, 2.75) is 39.3 Å². The molecule has 0 heterocycles. The molecule has 0 aromatic carbocycles. The van der Waals surface area contributed by atoms with Gasteiger partial charge in [0.2, 0.25) is 5.91 Å². The van der Waals surface area contributed by atoms with E-state index >= 15 is 0 Å². The van der Waals surface area contributed by atoms with Gasteiger partial charge in [-0.3, -0.25) is 9.59 Å². The number of carboxylic acid groups (broad SMARTS) is 1. The van der Waals surface area contributed by atoms with E-state index in [4.69, 9.17) is 9.47 Å². The van der Waals surface area contributed by atoms with Crippen molar-refractivity contribution in [3.63, 3.8) is 0 Å². The number of nitrogens with one attached hydrogen (secondary N) is 2. The fourth-order valence-electron chi connectivity index (χ4n) is 2.55. The molecule has 1 aliphatic rings. The monoisotopic (exact) mass is 344 g/mol. The van der Waals surface area contributed by atoms with Gasteiger partial charge in [-0.15, -0.1) is 0 Å². The van der Waals surface area contributed by atoms with E-state index < -0.39 is 53.3 Å². The van der Waals surface area contributed by atoms with Crippen LogP contribution in [0.4, 0.5) is 4.79 Å². The first kappa shape index (κ1) is 19.7. The van der Waals surface area contributed by atoms with E-state index in [9.17, 15) is 24.3 Å². The van der Waals surface area contributed by atoms with Crippen LogP contribution in [-0.2, 0) is 23.9 Å². The second-order valence-corrected chi connectivity index (χ2v) is 6.46. The summed E-state index contributed by atoms with van der Waals surface area (Å²) in [5, 5.41) is 14.0. The van der Waals surface area contributed by atoms with E-state index in [2.05, 4.69) is 10.6 Å². The van der Waals surface area contributed by atoms with Crippen LogP contribution < -0.4 is 10.6 Å². The van der Waals surface area contributed by atoms with Gasteiger partial charge >= 0.3 is 18.0 Å². The first-order valence-corrected chi connectivity index (χ1v) is 7.64. The van der Waals surface area contributed by atoms with Crippen LogP contribution in [0.5, 0.6) is 0 Å². The molecule has 9 heteroatoms. The fourth-order valence-corrected chi connectivity index (χ4v) is 2.55. The first-order valence-electron chi connectivity index (χ1n) is 7.64. The van der Waals surface area contributed by atoms with Gasteiger partial charge in [0, 0.05) is 13.0 Å². The maximum atomic E-state index is 11.9. The number of carbonyl (C=O) groups excluding carboxylic acids is 3. The Morgan fingerprint density at radius 3 is 2.17 bits per heavy atom. The minimum atomic E-state index is -1.43. The van der Waals surface area contributed by atoms with Gasteiger partial charge in [-0.1, -0.05) is 0 Å². The van der Waals surface area contributed by atoms with E-state index in [0.29, 0.717) is 0 Å². The smallest absolute Gasteiger partial charge is 0.408 e. The average molecular weight is 344 g/mol. The zero-order valence-corrected chi connectivity index (χ0v) is 14.4. The number of rotatable bonds is 6. The van der Waals surface area contributed by atoms with E-state index in [1.54, 1.807) is 27.7 Å². The van der Waals surface area contributed by atoms with Crippen LogP contribution in [0.2, 0.25) is 0 Å². The quantitative estimate of drug-likeness (QED) is 0.584. The summed E-state index contributed by atoms with van der Waals surface area (Å²) >= 11 is 0. The van der Waals surface area contributed by atoms with Gasteiger partial charge in [0.05, 0.1) is 18.4 Å². The van der Waals surface area contributed by atoms with Crippen molar-refractivity contribution in [3.8, 4) is 0 Å². The number of alkyl carbamates (subject to hydrolysis) is 1. The van der Waals surface area contributed by atoms with Gasteiger partial charge < -0.3 is 25.2 Å². The largest absolute Gasteiger partial charge is 0.480 e. The molecule has 4 atom stereocenters. The van der Waals surface area contributed by atoms with Crippen molar-refractivity contribution in [2.75, 3.05) is 13.7 Å². The van der Waals surface area contributed by atoms with Crippen molar-refractivity contribution < 1.29 is 33.8 Å². The number of amides is 2. The summed E-state index contributed by atoms with van der Waals surface area (Å²) in [6.45, 7) is 6.62. The molecule has 9 nitrogen and oxygen atoms in total. The predicted molar refractivity (Wildman–Crippen MR) is 82.0 cm³/mol. The van der Waals surface area contributed by atoms with Crippen molar-refractivity contribution in [1.29, 1.82) is 0 Å². The highest BCUT2D eigenvalue weighted by Crippen LogP contribution is 2.49. The summed E-state index contributed by atoms with van der Waals surface area (Å²) in [6, 6.07) is -1.43. The Morgan fingerprint density at radius 1 is 1.17 bits per heavy atom. The molecule has 0 aromatic heterocycles. The third kappa shape index (κ3) is 4.84. The van der Waals surface area contributed by atoms with Crippen LogP contribution >= 0.6 is 0 Å². The van der Waals surface area contributed by atoms with Crippen LogP contribution in [0.1, 0.15) is 27.7 Å². The Bertz CT molecular complexity index is 526. The molecule has 0 aliphatic heterocycles. The lowest BCUT2D eigenvalue weighted by molar-refractivity contribution is -0.146. The highest BCUT2D eigenvalue weighted by molar-refractivity contribution is 5.94. The molecule has 3 unspecified atom stereocenters. The number of hydrogen-bond donors (Lipinski definition) is 3. The maximum absolute atomic E-state index is 11.9. The molecule has 0 radical (unpaired) electrons. The topological polar surface area (TPSA) is 131 Å². The standard InChI is InChI=1S/C15H24N2O7/c1-6-23-13(21)9-7(8(9)11(18)16-5)10(12(19)20)17-14(22)24-15(2,3)4/h7-10H,6H2,1-5H3,(H,16,18)(H,17,22)(H,19,20)/t7?,8?,9?,10-/m0/s1. The summed E-state index contributed by atoms with van der Waals surface area (Å²) < 4.78 is 9.91. The highest BCUT2D eigenvalue weighted by atomic mass is 16.6. The SMILES string of the molecule is CCOC(=O)C1C(C(=O)NC)C1[C@H](NC(=O)OC(C)(C)C)C(=O)O. The van der Waals surface area contributed by atoms with E-state index in [1.165, 1.54) is 7.05 Å². The van der Waals surface area contributed by atoms with Gasteiger partial charge in [0.15, 0.2) is 0 Å². The lowest BCUT2D eigenvalue weighted by Crippen LogP contribution is -2.46. The van der Waals surface area contributed by atoms with Crippen molar-refractivity contribution in [2.24, 2.45) is 17.8 Å². The molecule has 24 heavy (non-hydrogen) atoms. The summed E-state index contributed by atoms with van der Waals surface area (Å²) in [4.78, 5) is 47.2.